The van der Waals surface area contributed by atoms with E-state index in [0.717, 1.165) is 18.4 Å². The molecule has 0 aliphatic rings. The number of amides is 1. The van der Waals surface area contributed by atoms with Crippen LogP contribution in [0, 0.1) is 6.92 Å². The first-order valence-corrected chi connectivity index (χ1v) is 6.78. The van der Waals surface area contributed by atoms with Gasteiger partial charge in [0.2, 0.25) is 0 Å². The lowest BCUT2D eigenvalue weighted by Crippen LogP contribution is -2.24. The van der Waals surface area contributed by atoms with Crippen molar-refractivity contribution in [3.05, 3.63) is 65.2 Å². The highest BCUT2D eigenvalue weighted by molar-refractivity contribution is 5.96. The van der Waals surface area contributed by atoms with Crippen molar-refractivity contribution in [2.24, 2.45) is 0 Å². The topological polar surface area (TPSA) is 49.3 Å². The maximum atomic E-state index is 11.9. The first-order valence-electron chi connectivity index (χ1n) is 6.78. The fourth-order valence-electron chi connectivity index (χ4n) is 2.07. The molecule has 0 radical (unpaired) electrons. The Labute approximate surface area is 119 Å². The van der Waals surface area contributed by atoms with Crippen LogP contribution in [0.4, 0.5) is 0 Å². The minimum Gasteiger partial charge on any atom is -0.507 e. The molecule has 20 heavy (non-hydrogen) atoms. The van der Waals surface area contributed by atoms with Crippen molar-refractivity contribution in [1.29, 1.82) is 0 Å². The third-order valence-corrected chi connectivity index (χ3v) is 3.17. The Hall–Kier alpha value is -2.29. The van der Waals surface area contributed by atoms with Crippen molar-refractivity contribution in [2.75, 3.05) is 6.54 Å². The van der Waals surface area contributed by atoms with E-state index in [9.17, 15) is 9.90 Å². The number of hydrogen-bond acceptors (Lipinski definition) is 2. The van der Waals surface area contributed by atoms with Gasteiger partial charge in [0, 0.05) is 6.54 Å². The van der Waals surface area contributed by atoms with Crippen LogP contribution in [0.3, 0.4) is 0 Å². The molecular formula is C17H19NO2. The van der Waals surface area contributed by atoms with Crippen molar-refractivity contribution in [1.82, 2.24) is 5.32 Å². The van der Waals surface area contributed by atoms with Gasteiger partial charge in [-0.2, -0.15) is 0 Å². The fourth-order valence-corrected chi connectivity index (χ4v) is 2.07. The first kappa shape index (κ1) is 14.1. The van der Waals surface area contributed by atoms with E-state index in [4.69, 9.17) is 0 Å². The van der Waals surface area contributed by atoms with Crippen molar-refractivity contribution < 1.29 is 9.90 Å². The van der Waals surface area contributed by atoms with Crippen LogP contribution < -0.4 is 5.32 Å². The number of hydrogen-bond donors (Lipinski definition) is 2. The number of phenols is 1. The Morgan fingerprint density at radius 1 is 1.15 bits per heavy atom. The van der Waals surface area contributed by atoms with Crippen LogP contribution in [0.5, 0.6) is 5.75 Å². The van der Waals surface area contributed by atoms with Gasteiger partial charge in [0.15, 0.2) is 0 Å². The van der Waals surface area contributed by atoms with Crippen LogP contribution in [0.1, 0.15) is 27.9 Å². The van der Waals surface area contributed by atoms with E-state index in [1.165, 1.54) is 5.56 Å². The maximum absolute atomic E-state index is 11.9. The van der Waals surface area contributed by atoms with Gasteiger partial charge in [-0.25, -0.2) is 0 Å². The van der Waals surface area contributed by atoms with E-state index in [-0.39, 0.29) is 11.7 Å². The molecular weight excluding hydrogens is 250 g/mol. The van der Waals surface area contributed by atoms with Crippen LogP contribution in [-0.2, 0) is 6.42 Å². The van der Waals surface area contributed by atoms with Crippen molar-refractivity contribution in [3.8, 4) is 5.75 Å². The van der Waals surface area contributed by atoms with Gasteiger partial charge >= 0.3 is 0 Å². The lowest BCUT2D eigenvalue weighted by atomic mass is 10.1. The first-order chi connectivity index (χ1) is 9.66. The average molecular weight is 269 g/mol. The zero-order valence-electron chi connectivity index (χ0n) is 11.6. The second-order valence-electron chi connectivity index (χ2n) is 4.87. The van der Waals surface area contributed by atoms with Crippen LogP contribution in [-0.4, -0.2) is 17.6 Å². The molecule has 0 heterocycles. The lowest BCUT2D eigenvalue weighted by Gasteiger charge is -2.07. The Morgan fingerprint density at radius 2 is 1.90 bits per heavy atom. The van der Waals surface area contributed by atoms with Gasteiger partial charge in [-0.15, -0.1) is 0 Å². The molecule has 2 aromatic carbocycles. The summed E-state index contributed by atoms with van der Waals surface area (Å²) in [6.45, 7) is 2.47. The summed E-state index contributed by atoms with van der Waals surface area (Å²) < 4.78 is 0. The summed E-state index contributed by atoms with van der Waals surface area (Å²) >= 11 is 0. The van der Waals surface area contributed by atoms with Gasteiger partial charge in [-0.3, -0.25) is 4.79 Å². The van der Waals surface area contributed by atoms with E-state index in [2.05, 4.69) is 17.4 Å². The molecule has 1 amide bonds. The summed E-state index contributed by atoms with van der Waals surface area (Å²) in [6.07, 6.45) is 1.81. The zero-order chi connectivity index (χ0) is 14.4. The highest BCUT2D eigenvalue weighted by Crippen LogP contribution is 2.18. The molecule has 2 rings (SSSR count). The third kappa shape index (κ3) is 3.85. The Kier molecular flexibility index (Phi) is 4.77. The molecule has 0 aromatic heterocycles. The van der Waals surface area contributed by atoms with Crippen LogP contribution in [0.25, 0.3) is 0 Å². The molecule has 0 saturated heterocycles. The molecule has 2 aromatic rings. The van der Waals surface area contributed by atoms with E-state index in [0.29, 0.717) is 12.1 Å². The molecule has 0 aliphatic heterocycles. The number of benzene rings is 2. The minimum atomic E-state index is -0.226. The molecule has 0 fully saturated rings. The van der Waals surface area contributed by atoms with Gasteiger partial charge < -0.3 is 10.4 Å². The molecule has 0 aliphatic carbocycles. The van der Waals surface area contributed by atoms with Crippen molar-refractivity contribution in [3.63, 3.8) is 0 Å². The van der Waals surface area contributed by atoms with Gasteiger partial charge in [0.25, 0.3) is 5.91 Å². The Bertz CT molecular complexity index is 579. The van der Waals surface area contributed by atoms with E-state index >= 15 is 0 Å². The SMILES string of the molecule is Cc1ccc(C(=O)NCCCc2ccccc2)c(O)c1. The summed E-state index contributed by atoms with van der Waals surface area (Å²) in [5.41, 5.74) is 2.53. The Balaban J connectivity index is 1.80. The average Bonchev–Trinajstić information content (AvgIpc) is 2.44. The van der Waals surface area contributed by atoms with E-state index in [1.807, 2.05) is 31.2 Å². The minimum absolute atomic E-state index is 0.0329. The molecule has 104 valence electrons. The van der Waals surface area contributed by atoms with Crippen molar-refractivity contribution in [2.45, 2.75) is 19.8 Å². The molecule has 0 bridgehead atoms. The van der Waals surface area contributed by atoms with E-state index in [1.54, 1.807) is 12.1 Å². The van der Waals surface area contributed by atoms with E-state index < -0.39 is 0 Å². The standard InChI is InChI=1S/C17H19NO2/c1-13-9-10-15(16(19)12-13)17(20)18-11-5-8-14-6-3-2-4-7-14/h2-4,6-7,9-10,12,19H,5,8,11H2,1H3,(H,18,20). The largest absolute Gasteiger partial charge is 0.507 e. The summed E-state index contributed by atoms with van der Waals surface area (Å²) in [5, 5.41) is 12.6. The summed E-state index contributed by atoms with van der Waals surface area (Å²) in [5.74, 6) is -0.193. The van der Waals surface area contributed by atoms with Gasteiger partial charge in [-0.1, -0.05) is 36.4 Å². The number of aromatic hydroxyl groups is 1. The third-order valence-electron chi connectivity index (χ3n) is 3.17. The maximum Gasteiger partial charge on any atom is 0.255 e. The van der Waals surface area contributed by atoms with Gasteiger partial charge in [0.05, 0.1) is 5.56 Å². The fraction of sp³-hybridized carbons (Fsp3) is 0.235. The summed E-state index contributed by atoms with van der Waals surface area (Å²) in [6, 6.07) is 15.2. The number of rotatable bonds is 5. The lowest BCUT2D eigenvalue weighted by molar-refractivity contribution is 0.0950. The predicted molar refractivity (Wildman–Crippen MR) is 79.9 cm³/mol. The number of phenolic OH excluding ortho intramolecular Hbond substituents is 1. The highest BCUT2D eigenvalue weighted by Gasteiger charge is 2.09. The molecule has 3 nitrogen and oxygen atoms in total. The molecule has 0 atom stereocenters. The monoisotopic (exact) mass is 269 g/mol. The summed E-state index contributed by atoms with van der Waals surface area (Å²) in [7, 11) is 0. The molecule has 2 N–H and O–H groups in total. The number of aryl methyl sites for hydroxylation is 2. The number of carbonyl (C=O) groups excluding carboxylic acids is 1. The number of carbonyl (C=O) groups is 1. The second-order valence-corrected chi connectivity index (χ2v) is 4.87. The second kappa shape index (κ2) is 6.75. The van der Waals surface area contributed by atoms with Gasteiger partial charge in [0.1, 0.15) is 5.75 Å². The molecule has 3 heteroatoms. The zero-order valence-corrected chi connectivity index (χ0v) is 11.6. The smallest absolute Gasteiger partial charge is 0.255 e. The highest BCUT2D eigenvalue weighted by atomic mass is 16.3. The normalized spacial score (nSPS) is 10.2. The van der Waals surface area contributed by atoms with Crippen LogP contribution in [0.15, 0.2) is 48.5 Å². The van der Waals surface area contributed by atoms with Gasteiger partial charge in [-0.05, 0) is 43.0 Å². The Morgan fingerprint density at radius 3 is 2.60 bits per heavy atom. The predicted octanol–water partition coefficient (Wildman–Crippen LogP) is 3.06. The summed E-state index contributed by atoms with van der Waals surface area (Å²) in [4.78, 5) is 11.9. The molecule has 0 spiro atoms. The number of nitrogens with one attached hydrogen (secondary N) is 1. The van der Waals surface area contributed by atoms with Crippen molar-refractivity contribution >= 4 is 5.91 Å². The van der Waals surface area contributed by atoms with Crippen LogP contribution >= 0.6 is 0 Å². The van der Waals surface area contributed by atoms with Crippen LogP contribution in [0.2, 0.25) is 0 Å². The quantitative estimate of drug-likeness (QED) is 0.820. The molecule has 0 saturated carbocycles. The molecule has 0 unspecified atom stereocenters.